The number of carbonyl (C=O) groups excluding carboxylic acids is 3. The number of piperidine rings is 1. The van der Waals surface area contributed by atoms with Gasteiger partial charge in [0, 0.05) is 37.0 Å². The van der Waals surface area contributed by atoms with E-state index in [1.165, 1.54) is 17.7 Å². The minimum atomic E-state index is -0.292. The minimum Gasteiger partial charge on any atom is -0.371 e. The zero-order valence-electron chi connectivity index (χ0n) is 20.0. The van der Waals surface area contributed by atoms with E-state index in [-0.39, 0.29) is 23.8 Å². The lowest BCUT2D eigenvalue weighted by molar-refractivity contribution is -0.136. The Bertz CT molecular complexity index is 1070. The number of imide groups is 1. The Hall–Kier alpha value is -2.67. The fourth-order valence-electron chi connectivity index (χ4n) is 5.36. The van der Waals surface area contributed by atoms with Crippen LogP contribution in [0.5, 0.6) is 0 Å². The molecule has 2 fully saturated rings. The lowest BCUT2D eigenvalue weighted by Crippen LogP contribution is -2.44. The molecule has 3 amide bonds. The molecule has 1 aromatic carbocycles. The van der Waals surface area contributed by atoms with E-state index in [0.717, 1.165) is 56.0 Å². The molecule has 2 aromatic rings. The number of amides is 3. The lowest BCUT2D eigenvalue weighted by Gasteiger charge is -2.36. The molecule has 7 heteroatoms. The Morgan fingerprint density at radius 2 is 1.85 bits per heavy atom. The number of thiophene rings is 1. The maximum Gasteiger partial charge on any atom is 0.264 e. The van der Waals surface area contributed by atoms with Crippen LogP contribution in [0.1, 0.15) is 77.6 Å². The maximum atomic E-state index is 13.5. The van der Waals surface area contributed by atoms with Crippen molar-refractivity contribution in [3.05, 3.63) is 51.7 Å². The SMILES string of the molecule is CCCN(CC1CC1)C(=O)C1CCN(c2cccc3c2C(=O)N(C(C)c2cccs2)C3=O)CC1. The predicted octanol–water partition coefficient (Wildman–Crippen LogP) is 4.97. The van der Waals surface area contributed by atoms with Crippen molar-refractivity contribution in [2.75, 3.05) is 31.1 Å². The van der Waals surface area contributed by atoms with Crippen LogP contribution >= 0.6 is 11.3 Å². The maximum absolute atomic E-state index is 13.5. The van der Waals surface area contributed by atoms with Crippen LogP contribution in [0.4, 0.5) is 5.69 Å². The molecule has 1 unspecified atom stereocenters. The molecular formula is C27H33N3O3S. The first kappa shape index (κ1) is 23.1. The Kier molecular flexibility index (Phi) is 6.47. The van der Waals surface area contributed by atoms with E-state index < -0.39 is 0 Å². The second-order valence-electron chi connectivity index (χ2n) is 9.86. The average molecular weight is 480 g/mol. The molecule has 5 rings (SSSR count). The molecule has 1 atom stereocenters. The first-order chi connectivity index (χ1) is 16.5. The lowest BCUT2D eigenvalue weighted by atomic mass is 9.93. The van der Waals surface area contributed by atoms with Gasteiger partial charge in [0.05, 0.1) is 22.9 Å². The van der Waals surface area contributed by atoms with Gasteiger partial charge in [0.15, 0.2) is 0 Å². The standard InChI is InChI=1S/C27H33N3O3S/c1-3-13-29(17-19-9-10-19)25(31)20-11-14-28(15-12-20)22-7-4-6-21-24(22)27(33)30(26(21)32)18(2)23-8-5-16-34-23/h4-8,16,18-20H,3,9-15,17H2,1-2H3. The van der Waals surface area contributed by atoms with E-state index in [1.54, 1.807) is 17.4 Å². The summed E-state index contributed by atoms with van der Waals surface area (Å²) in [5.41, 5.74) is 1.83. The highest BCUT2D eigenvalue weighted by molar-refractivity contribution is 7.10. The van der Waals surface area contributed by atoms with Crippen molar-refractivity contribution < 1.29 is 14.4 Å². The number of carbonyl (C=O) groups is 3. The molecule has 3 aliphatic rings. The highest BCUT2D eigenvalue weighted by Crippen LogP contribution is 2.38. The van der Waals surface area contributed by atoms with Crippen LogP contribution < -0.4 is 4.90 Å². The molecule has 0 N–H and O–H groups in total. The molecule has 6 nitrogen and oxygen atoms in total. The molecule has 3 heterocycles. The number of nitrogens with zero attached hydrogens (tertiary/aromatic N) is 3. The van der Waals surface area contributed by atoms with Crippen molar-refractivity contribution in [3.63, 3.8) is 0 Å². The van der Waals surface area contributed by atoms with Gasteiger partial charge in [0.25, 0.3) is 11.8 Å². The van der Waals surface area contributed by atoms with Gasteiger partial charge in [-0.1, -0.05) is 19.1 Å². The number of anilines is 1. The van der Waals surface area contributed by atoms with E-state index in [9.17, 15) is 14.4 Å². The first-order valence-corrected chi connectivity index (χ1v) is 13.5. The summed E-state index contributed by atoms with van der Waals surface area (Å²) in [6.45, 7) is 7.24. The van der Waals surface area contributed by atoms with Gasteiger partial charge < -0.3 is 9.80 Å². The third-order valence-electron chi connectivity index (χ3n) is 7.43. The van der Waals surface area contributed by atoms with E-state index >= 15 is 0 Å². The summed E-state index contributed by atoms with van der Waals surface area (Å²) in [4.78, 5) is 46.6. The van der Waals surface area contributed by atoms with E-state index in [2.05, 4.69) is 16.7 Å². The van der Waals surface area contributed by atoms with Gasteiger partial charge in [-0.25, -0.2) is 0 Å². The van der Waals surface area contributed by atoms with E-state index in [1.807, 2.05) is 36.6 Å². The van der Waals surface area contributed by atoms with Gasteiger partial charge in [0.1, 0.15) is 0 Å². The third kappa shape index (κ3) is 4.26. The zero-order valence-corrected chi connectivity index (χ0v) is 20.9. The van der Waals surface area contributed by atoms with Crippen molar-refractivity contribution in [2.45, 2.75) is 52.0 Å². The molecular weight excluding hydrogens is 446 g/mol. The molecule has 0 radical (unpaired) electrons. The third-order valence-corrected chi connectivity index (χ3v) is 8.47. The quantitative estimate of drug-likeness (QED) is 0.502. The number of rotatable bonds is 8. The van der Waals surface area contributed by atoms with Gasteiger partial charge in [-0.2, -0.15) is 0 Å². The molecule has 0 spiro atoms. The predicted molar refractivity (Wildman–Crippen MR) is 134 cm³/mol. The van der Waals surface area contributed by atoms with E-state index in [4.69, 9.17) is 0 Å². The summed E-state index contributed by atoms with van der Waals surface area (Å²) >= 11 is 1.56. The Morgan fingerprint density at radius 1 is 1.09 bits per heavy atom. The summed E-state index contributed by atoms with van der Waals surface area (Å²) in [7, 11) is 0. The van der Waals surface area contributed by atoms with Crippen LogP contribution in [0, 0.1) is 11.8 Å². The largest absolute Gasteiger partial charge is 0.371 e. The summed E-state index contributed by atoms with van der Waals surface area (Å²) in [5.74, 6) is 0.613. The van der Waals surface area contributed by atoms with Gasteiger partial charge in [-0.3, -0.25) is 19.3 Å². The zero-order chi connectivity index (χ0) is 23.8. The fraction of sp³-hybridized carbons (Fsp3) is 0.519. The van der Waals surface area contributed by atoms with Crippen molar-refractivity contribution in [3.8, 4) is 0 Å². The normalized spacial score (nSPS) is 19.5. The van der Waals surface area contributed by atoms with E-state index in [0.29, 0.717) is 23.0 Å². The van der Waals surface area contributed by atoms with Crippen LogP contribution in [0.2, 0.25) is 0 Å². The number of hydrogen-bond donors (Lipinski definition) is 0. The van der Waals surface area contributed by atoms with Crippen LogP contribution in [-0.2, 0) is 4.79 Å². The first-order valence-electron chi connectivity index (χ1n) is 12.6. The van der Waals surface area contributed by atoms with Crippen molar-refractivity contribution in [1.82, 2.24) is 9.80 Å². The molecule has 34 heavy (non-hydrogen) atoms. The Balaban J connectivity index is 1.30. The number of hydrogen-bond acceptors (Lipinski definition) is 5. The number of benzene rings is 1. The van der Waals surface area contributed by atoms with Gasteiger partial charge in [0.2, 0.25) is 5.91 Å². The second kappa shape index (κ2) is 9.53. The van der Waals surface area contributed by atoms with Crippen LogP contribution in [0.25, 0.3) is 0 Å². The Morgan fingerprint density at radius 3 is 2.50 bits per heavy atom. The minimum absolute atomic E-state index is 0.0472. The van der Waals surface area contributed by atoms with Crippen LogP contribution in [0.3, 0.4) is 0 Å². The summed E-state index contributed by atoms with van der Waals surface area (Å²) in [5, 5.41) is 1.97. The summed E-state index contributed by atoms with van der Waals surface area (Å²) < 4.78 is 0. The molecule has 0 bridgehead atoms. The fourth-order valence-corrected chi connectivity index (χ4v) is 6.13. The molecule has 1 aliphatic carbocycles. The van der Waals surface area contributed by atoms with Crippen molar-refractivity contribution >= 4 is 34.7 Å². The van der Waals surface area contributed by atoms with Gasteiger partial charge in [-0.15, -0.1) is 11.3 Å². The van der Waals surface area contributed by atoms with Crippen LogP contribution in [0.15, 0.2) is 35.7 Å². The highest BCUT2D eigenvalue weighted by atomic mass is 32.1. The topological polar surface area (TPSA) is 60.9 Å². The molecule has 180 valence electrons. The van der Waals surface area contributed by atoms with Crippen molar-refractivity contribution in [1.29, 1.82) is 0 Å². The average Bonchev–Trinajstić information content (AvgIpc) is 3.42. The van der Waals surface area contributed by atoms with Gasteiger partial charge >= 0.3 is 0 Å². The number of fused-ring (bicyclic) bond motifs is 1. The molecule has 1 aromatic heterocycles. The van der Waals surface area contributed by atoms with Crippen LogP contribution in [-0.4, -0.2) is 53.7 Å². The summed E-state index contributed by atoms with van der Waals surface area (Å²) in [6.07, 6.45) is 5.06. The second-order valence-corrected chi connectivity index (χ2v) is 10.8. The van der Waals surface area contributed by atoms with Gasteiger partial charge in [-0.05, 0) is 68.5 Å². The monoisotopic (exact) mass is 479 g/mol. The highest BCUT2D eigenvalue weighted by Gasteiger charge is 2.42. The molecule has 2 aliphatic heterocycles. The Labute approximate surface area is 205 Å². The molecule has 1 saturated heterocycles. The summed E-state index contributed by atoms with van der Waals surface area (Å²) in [6, 6.07) is 9.19. The molecule has 1 saturated carbocycles. The smallest absolute Gasteiger partial charge is 0.264 e. The van der Waals surface area contributed by atoms with Crippen molar-refractivity contribution in [2.24, 2.45) is 11.8 Å².